The van der Waals surface area contributed by atoms with E-state index < -0.39 is 0 Å². The highest BCUT2D eigenvalue weighted by Crippen LogP contribution is 2.25. The van der Waals surface area contributed by atoms with Gasteiger partial charge in [0.05, 0.1) is 10.7 Å². The molecule has 0 unspecified atom stereocenters. The Labute approximate surface area is 96.2 Å². The molecular formula is C11H18ClN3. The van der Waals surface area contributed by atoms with Crippen molar-refractivity contribution in [3.05, 3.63) is 23.5 Å². The Hall–Kier alpha value is -0.800. The van der Waals surface area contributed by atoms with Gasteiger partial charge < -0.3 is 10.6 Å². The van der Waals surface area contributed by atoms with Crippen LogP contribution in [-0.4, -0.2) is 24.1 Å². The summed E-state index contributed by atoms with van der Waals surface area (Å²) in [6.07, 6.45) is 4.41. The number of anilines is 1. The Morgan fingerprint density at radius 1 is 1.53 bits per heavy atom. The van der Waals surface area contributed by atoms with Crippen LogP contribution in [0.25, 0.3) is 0 Å². The molecule has 0 aliphatic heterocycles. The average Bonchev–Trinajstić information content (AvgIpc) is 2.20. The maximum atomic E-state index is 6.11. The monoisotopic (exact) mass is 227 g/mol. The molecule has 0 amide bonds. The van der Waals surface area contributed by atoms with Crippen LogP contribution >= 0.6 is 11.6 Å². The minimum absolute atomic E-state index is 0.413. The molecule has 1 aromatic rings. The van der Waals surface area contributed by atoms with E-state index in [4.69, 9.17) is 17.3 Å². The zero-order valence-electron chi connectivity index (χ0n) is 9.28. The van der Waals surface area contributed by atoms with Crippen LogP contribution < -0.4 is 10.6 Å². The first-order valence-electron chi connectivity index (χ1n) is 5.23. The van der Waals surface area contributed by atoms with Crippen molar-refractivity contribution >= 4 is 17.3 Å². The molecule has 0 aliphatic carbocycles. The molecule has 4 heteroatoms. The average molecular weight is 228 g/mol. The quantitative estimate of drug-likeness (QED) is 0.840. The molecule has 15 heavy (non-hydrogen) atoms. The molecule has 0 aromatic carbocycles. The smallest absolute Gasteiger partial charge is 0.0822 e. The molecule has 0 fully saturated rings. The molecular weight excluding hydrogens is 210 g/mol. The molecule has 2 N–H and O–H groups in total. The van der Waals surface area contributed by atoms with Crippen molar-refractivity contribution in [2.75, 3.05) is 18.0 Å². The summed E-state index contributed by atoms with van der Waals surface area (Å²) in [4.78, 5) is 6.23. The Bertz CT molecular complexity index is 302. The largest absolute Gasteiger partial charge is 0.368 e. The minimum Gasteiger partial charge on any atom is -0.368 e. The van der Waals surface area contributed by atoms with Crippen molar-refractivity contribution in [1.29, 1.82) is 0 Å². The van der Waals surface area contributed by atoms with Crippen LogP contribution in [0.5, 0.6) is 0 Å². The molecule has 0 spiro atoms. The molecule has 84 valence electrons. The van der Waals surface area contributed by atoms with Crippen molar-refractivity contribution in [3.63, 3.8) is 0 Å². The van der Waals surface area contributed by atoms with Gasteiger partial charge in [-0.25, -0.2) is 0 Å². The highest BCUT2D eigenvalue weighted by molar-refractivity contribution is 6.33. The molecule has 1 heterocycles. The molecule has 1 rings (SSSR count). The van der Waals surface area contributed by atoms with Gasteiger partial charge in [-0.05, 0) is 32.9 Å². The number of hydrogen-bond acceptors (Lipinski definition) is 3. The molecule has 0 bridgehead atoms. The zero-order valence-corrected chi connectivity index (χ0v) is 10.0. The van der Waals surface area contributed by atoms with E-state index in [1.807, 2.05) is 6.07 Å². The molecule has 1 aromatic heterocycles. The van der Waals surface area contributed by atoms with E-state index in [2.05, 4.69) is 23.7 Å². The minimum atomic E-state index is 0.413. The Morgan fingerprint density at radius 3 is 2.80 bits per heavy atom. The zero-order chi connectivity index (χ0) is 11.3. The normalized spacial score (nSPS) is 10.7. The summed E-state index contributed by atoms with van der Waals surface area (Å²) < 4.78 is 0. The van der Waals surface area contributed by atoms with Crippen LogP contribution in [0.3, 0.4) is 0 Å². The highest BCUT2D eigenvalue weighted by Gasteiger charge is 2.12. The second-order valence-corrected chi connectivity index (χ2v) is 4.16. The van der Waals surface area contributed by atoms with Gasteiger partial charge in [0.15, 0.2) is 0 Å². The number of pyridine rings is 1. The lowest BCUT2D eigenvalue weighted by molar-refractivity contribution is 0.657. The summed E-state index contributed by atoms with van der Waals surface area (Å²) in [5, 5.41) is 0.697. The molecule has 0 aliphatic rings. The van der Waals surface area contributed by atoms with E-state index in [-0.39, 0.29) is 0 Å². The van der Waals surface area contributed by atoms with Gasteiger partial charge in [-0.3, -0.25) is 4.98 Å². The van der Waals surface area contributed by atoms with Crippen LogP contribution in [0.1, 0.15) is 20.3 Å². The van der Waals surface area contributed by atoms with Gasteiger partial charge in [-0.1, -0.05) is 11.6 Å². The number of nitrogens with zero attached hydrogens (tertiary/aromatic N) is 2. The summed E-state index contributed by atoms with van der Waals surface area (Å²) in [7, 11) is 0. The van der Waals surface area contributed by atoms with Crippen LogP contribution in [0.4, 0.5) is 5.69 Å². The fourth-order valence-corrected chi connectivity index (χ4v) is 1.75. The van der Waals surface area contributed by atoms with Crippen LogP contribution in [0.15, 0.2) is 18.5 Å². The van der Waals surface area contributed by atoms with Gasteiger partial charge in [0.25, 0.3) is 0 Å². The Kier molecular flexibility index (Phi) is 4.85. The van der Waals surface area contributed by atoms with E-state index in [0.29, 0.717) is 17.6 Å². The summed E-state index contributed by atoms with van der Waals surface area (Å²) in [5.74, 6) is 0. The lowest BCUT2D eigenvalue weighted by Crippen LogP contribution is -2.33. The van der Waals surface area contributed by atoms with Gasteiger partial charge in [0.1, 0.15) is 0 Å². The van der Waals surface area contributed by atoms with E-state index in [0.717, 1.165) is 18.7 Å². The number of hydrogen-bond donors (Lipinski definition) is 1. The van der Waals surface area contributed by atoms with E-state index in [1.54, 1.807) is 12.4 Å². The third kappa shape index (κ3) is 3.36. The third-order valence-electron chi connectivity index (χ3n) is 2.29. The lowest BCUT2D eigenvalue weighted by Gasteiger charge is -2.29. The summed E-state index contributed by atoms with van der Waals surface area (Å²) in [6, 6.07) is 2.36. The predicted molar refractivity (Wildman–Crippen MR) is 65.4 cm³/mol. The van der Waals surface area contributed by atoms with Gasteiger partial charge in [-0.2, -0.15) is 0 Å². The first-order chi connectivity index (χ1) is 7.16. The third-order valence-corrected chi connectivity index (χ3v) is 2.58. The second kappa shape index (κ2) is 5.93. The van der Waals surface area contributed by atoms with Crippen LogP contribution in [0.2, 0.25) is 5.02 Å². The maximum absolute atomic E-state index is 6.11. The summed E-state index contributed by atoms with van der Waals surface area (Å²) >= 11 is 6.11. The van der Waals surface area contributed by atoms with Crippen molar-refractivity contribution in [1.82, 2.24) is 4.98 Å². The first-order valence-corrected chi connectivity index (χ1v) is 5.61. The van der Waals surface area contributed by atoms with Crippen molar-refractivity contribution in [3.8, 4) is 0 Å². The van der Waals surface area contributed by atoms with Crippen molar-refractivity contribution < 1.29 is 0 Å². The van der Waals surface area contributed by atoms with E-state index >= 15 is 0 Å². The molecule has 0 atom stereocenters. The number of aromatic nitrogens is 1. The number of halogens is 1. The fraction of sp³-hybridized carbons (Fsp3) is 0.545. The van der Waals surface area contributed by atoms with Gasteiger partial charge in [0, 0.05) is 25.0 Å². The van der Waals surface area contributed by atoms with Crippen LogP contribution in [-0.2, 0) is 0 Å². The van der Waals surface area contributed by atoms with E-state index in [1.165, 1.54) is 0 Å². The van der Waals surface area contributed by atoms with Gasteiger partial charge in [0.2, 0.25) is 0 Å². The SMILES string of the molecule is CC(C)N(CCCN)c1ccncc1Cl. The molecule has 0 saturated heterocycles. The second-order valence-electron chi connectivity index (χ2n) is 3.76. The van der Waals surface area contributed by atoms with Crippen molar-refractivity contribution in [2.24, 2.45) is 5.73 Å². The summed E-state index contributed by atoms with van der Waals surface area (Å²) in [6.45, 7) is 5.92. The van der Waals surface area contributed by atoms with Gasteiger partial charge >= 0.3 is 0 Å². The van der Waals surface area contributed by atoms with Crippen LogP contribution in [0, 0.1) is 0 Å². The first kappa shape index (κ1) is 12.3. The van der Waals surface area contributed by atoms with Gasteiger partial charge in [-0.15, -0.1) is 0 Å². The molecule has 3 nitrogen and oxygen atoms in total. The van der Waals surface area contributed by atoms with E-state index in [9.17, 15) is 0 Å². The Balaban J connectivity index is 2.84. The maximum Gasteiger partial charge on any atom is 0.0822 e. The van der Waals surface area contributed by atoms with Crippen molar-refractivity contribution in [2.45, 2.75) is 26.3 Å². The number of nitrogens with two attached hydrogens (primary N) is 1. The topological polar surface area (TPSA) is 42.1 Å². The molecule has 0 radical (unpaired) electrons. The fourth-order valence-electron chi connectivity index (χ4n) is 1.52. The highest BCUT2D eigenvalue weighted by atomic mass is 35.5. The lowest BCUT2D eigenvalue weighted by atomic mass is 10.2. The number of rotatable bonds is 5. The predicted octanol–water partition coefficient (Wildman–Crippen LogP) is 2.30. The standard InChI is InChI=1S/C11H18ClN3/c1-9(2)15(7-3-5-13)11-4-6-14-8-10(11)12/h4,6,8-9H,3,5,7,13H2,1-2H3. The molecule has 0 saturated carbocycles. The Morgan fingerprint density at radius 2 is 2.27 bits per heavy atom. The summed E-state index contributed by atoms with van der Waals surface area (Å²) in [5.41, 5.74) is 6.56.